The third-order valence-corrected chi connectivity index (χ3v) is 7.74. The molecule has 4 atom stereocenters. The molecule has 0 bridgehead atoms. The lowest BCUT2D eigenvalue weighted by atomic mass is 9.55. The molecule has 2 fully saturated rings. The van der Waals surface area contributed by atoms with Gasteiger partial charge in [-0.15, -0.1) is 9.32 Å². The lowest BCUT2D eigenvalue weighted by Crippen LogP contribution is -2.40. The fourth-order valence-corrected chi connectivity index (χ4v) is 6.37. The van der Waals surface area contributed by atoms with E-state index in [0.29, 0.717) is 24.5 Å². The summed E-state index contributed by atoms with van der Waals surface area (Å²) in [6.45, 7) is 5.57. The summed E-state index contributed by atoms with van der Waals surface area (Å²) in [6.07, 6.45) is 9.61. The van der Waals surface area contributed by atoms with E-state index < -0.39 is 0 Å². The molecule has 0 aliphatic heterocycles. The molecule has 6 nitrogen and oxygen atoms in total. The molecule has 4 unspecified atom stereocenters. The minimum absolute atomic E-state index is 0.313. The van der Waals surface area contributed by atoms with Gasteiger partial charge in [0.05, 0.1) is 6.61 Å². The van der Waals surface area contributed by atoms with E-state index >= 15 is 0 Å². The lowest BCUT2D eigenvalue weighted by molar-refractivity contribution is -0.282. The minimum Gasteiger partial charge on any atom is -0.399 e. The first-order valence-electron chi connectivity index (χ1n) is 10.6. The molecular formula is C22H31NO5S. The van der Waals surface area contributed by atoms with E-state index in [-0.39, 0.29) is 0 Å². The van der Waals surface area contributed by atoms with Crippen molar-refractivity contribution in [2.24, 2.45) is 23.1 Å². The number of hydrogen-bond acceptors (Lipinski definition) is 7. The number of rotatable bonds is 8. The van der Waals surface area contributed by atoms with Gasteiger partial charge in [-0.3, -0.25) is 0 Å². The first kappa shape index (κ1) is 21.2. The number of aryl methyl sites for hydroxylation is 1. The first-order chi connectivity index (χ1) is 14.2. The Hall–Kier alpha value is -1.09. The van der Waals surface area contributed by atoms with Crippen LogP contribution in [0, 0.1) is 17.3 Å². The maximum absolute atomic E-state index is 5.46. The van der Waals surface area contributed by atoms with Gasteiger partial charge in [-0.2, -0.15) is 5.90 Å². The van der Waals surface area contributed by atoms with Crippen LogP contribution in [0.4, 0.5) is 0 Å². The van der Waals surface area contributed by atoms with E-state index in [1.807, 2.05) is 13.0 Å². The minimum atomic E-state index is 0.313. The highest BCUT2D eigenvalue weighted by Crippen LogP contribution is 2.62. The molecule has 29 heavy (non-hydrogen) atoms. The topological polar surface area (TPSA) is 72.2 Å². The fourth-order valence-electron chi connectivity index (χ4n) is 6.13. The van der Waals surface area contributed by atoms with Gasteiger partial charge in [0.2, 0.25) is 0 Å². The molecule has 4 rings (SSSR count). The zero-order chi connectivity index (χ0) is 20.3. The molecule has 2 saturated carbocycles. The van der Waals surface area contributed by atoms with Gasteiger partial charge < -0.3 is 4.18 Å². The van der Waals surface area contributed by atoms with Crippen molar-refractivity contribution in [3.8, 4) is 5.75 Å². The Morgan fingerprint density at radius 2 is 2.10 bits per heavy atom. The van der Waals surface area contributed by atoms with Crippen LogP contribution in [0.5, 0.6) is 5.75 Å². The highest BCUT2D eigenvalue weighted by molar-refractivity contribution is 7.90. The predicted molar refractivity (Wildman–Crippen MR) is 111 cm³/mol. The van der Waals surface area contributed by atoms with Gasteiger partial charge >= 0.3 is 0 Å². The van der Waals surface area contributed by atoms with Crippen LogP contribution in [0.2, 0.25) is 0 Å². The molecule has 1 aromatic rings. The van der Waals surface area contributed by atoms with Crippen molar-refractivity contribution in [1.82, 2.24) is 0 Å². The average Bonchev–Trinajstić information content (AvgIpc) is 3.07. The zero-order valence-corrected chi connectivity index (χ0v) is 18.0. The van der Waals surface area contributed by atoms with Crippen molar-refractivity contribution in [1.29, 1.82) is 0 Å². The Morgan fingerprint density at radius 3 is 2.93 bits per heavy atom. The van der Waals surface area contributed by atoms with Crippen LogP contribution in [0.1, 0.15) is 63.0 Å². The van der Waals surface area contributed by atoms with Gasteiger partial charge in [0.25, 0.3) is 12.3 Å². The largest absolute Gasteiger partial charge is 0.399 e. The van der Waals surface area contributed by atoms with Gasteiger partial charge in [0, 0.05) is 0 Å². The van der Waals surface area contributed by atoms with E-state index in [1.165, 1.54) is 43.2 Å². The first-order valence-corrected chi connectivity index (χ1v) is 11.3. The van der Waals surface area contributed by atoms with Crippen LogP contribution in [0.3, 0.4) is 0 Å². The lowest BCUT2D eigenvalue weighted by Gasteiger charge is -2.49. The van der Waals surface area contributed by atoms with Crippen molar-refractivity contribution in [3.63, 3.8) is 0 Å². The molecule has 1 aromatic carbocycles. The van der Waals surface area contributed by atoms with Crippen LogP contribution in [-0.4, -0.2) is 13.2 Å². The second-order valence-corrected chi connectivity index (χ2v) is 8.95. The second-order valence-electron chi connectivity index (χ2n) is 8.51. The van der Waals surface area contributed by atoms with Gasteiger partial charge in [0.15, 0.2) is 0 Å². The molecule has 7 heteroatoms. The summed E-state index contributed by atoms with van der Waals surface area (Å²) in [6, 6.07) is 6.40. The van der Waals surface area contributed by atoms with Crippen molar-refractivity contribution in [2.45, 2.75) is 58.3 Å². The zero-order valence-electron chi connectivity index (χ0n) is 17.2. The molecule has 0 spiro atoms. The average molecular weight is 422 g/mol. The molecule has 0 amide bonds. The Labute approximate surface area is 177 Å². The monoisotopic (exact) mass is 421 g/mol. The highest BCUT2D eigenvalue weighted by atomic mass is 32.2. The van der Waals surface area contributed by atoms with Gasteiger partial charge in [-0.1, -0.05) is 24.6 Å². The molecule has 160 valence electrons. The quantitative estimate of drug-likeness (QED) is 0.203. The number of fused-ring (bicyclic) bond motifs is 5. The van der Waals surface area contributed by atoms with Gasteiger partial charge in [-0.05, 0) is 91.9 Å². The Morgan fingerprint density at radius 1 is 1.21 bits per heavy atom. The molecule has 0 heterocycles. The van der Waals surface area contributed by atoms with Crippen molar-refractivity contribution in [2.75, 3.05) is 13.2 Å². The second kappa shape index (κ2) is 9.37. The van der Waals surface area contributed by atoms with Gasteiger partial charge in [-0.25, -0.2) is 9.78 Å². The van der Waals surface area contributed by atoms with Crippen LogP contribution in [-0.2, 0) is 25.5 Å². The van der Waals surface area contributed by atoms with E-state index in [1.54, 1.807) is 5.57 Å². The van der Waals surface area contributed by atoms with Gasteiger partial charge in [0.1, 0.15) is 12.4 Å². The Balaban J connectivity index is 1.47. The van der Waals surface area contributed by atoms with Crippen LogP contribution in [0.25, 0.3) is 0 Å². The smallest absolute Gasteiger partial charge is 0.260 e. The summed E-state index contributed by atoms with van der Waals surface area (Å²) >= 11 is 0.729. The van der Waals surface area contributed by atoms with E-state index in [2.05, 4.69) is 34.5 Å². The standard InChI is InChI=1S/C22H31NO5S/c1-3-24-25-13-11-16-5-9-21-20-7-4-15-14-17(26-29-28-27-23)6-8-18(15)19(20)10-12-22(16,21)2/h6,8,11,14,19-21H,3-5,7,9-10,12-13,23H2,1-2H3. The molecular weight excluding hydrogens is 390 g/mol. The number of nitrogens with two attached hydrogens (primary N) is 1. The summed E-state index contributed by atoms with van der Waals surface area (Å²) in [4.78, 5) is 14.4. The summed E-state index contributed by atoms with van der Waals surface area (Å²) in [5.41, 5.74) is 4.80. The molecule has 3 aliphatic rings. The maximum atomic E-state index is 5.46. The van der Waals surface area contributed by atoms with Crippen LogP contribution >= 0.6 is 12.3 Å². The third kappa shape index (κ3) is 4.22. The van der Waals surface area contributed by atoms with E-state index in [9.17, 15) is 0 Å². The molecule has 0 saturated heterocycles. The van der Waals surface area contributed by atoms with Crippen molar-refractivity contribution >= 4 is 12.3 Å². The van der Waals surface area contributed by atoms with Crippen molar-refractivity contribution < 1.29 is 23.3 Å². The molecule has 2 N–H and O–H groups in total. The summed E-state index contributed by atoms with van der Waals surface area (Å²) in [5, 5.41) is 0. The molecule has 0 radical (unpaired) electrons. The number of allylic oxidation sites excluding steroid dienone is 1. The van der Waals surface area contributed by atoms with Crippen LogP contribution < -0.4 is 10.1 Å². The Bertz CT molecular complexity index is 742. The summed E-state index contributed by atoms with van der Waals surface area (Å²) in [7, 11) is 0. The van der Waals surface area contributed by atoms with Crippen LogP contribution in [0.15, 0.2) is 29.8 Å². The fraction of sp³-hybridized carbons (Fsp3) is 0.636. The third-order valence-electron chi connectivity index (χ3n) is 7.34. The molecule has 0 aromatic heterocycles. The van der Waals surface area contributed by atoms with Crippen molar-refractivity contribution in [3.05, 3.63) is 41.0 Å². The SMILES string of the molecule is CCOOCC=C1CCC2C3CCc4cc(OSOON)ccc4C3CCC12C. The molecule has 3 aliphatic carbocycles. The number of hydrogen-bond donors (Lipinski definition) is 1. The maximum Gasteiger partial charge on any atom is 0.260 e. The normalized spacial score (nSPS) is 32.0. The van der Waals surface area contributed by atoms with E-state index in [4.69, 9.17) is 19.9 Å². The highest BCUT2D eigenvalue weighted by Gasteiger charge is 2.52. The number of benzene rings is 1. The van der Waals surface area contributed by atoms with E-state index in [0.717, 1.165) is 36.3 Å². The predicted octanol–water partition coefficient (Wildman–Crippen LogP) is 5.20. The summed E-state index contributed by atoms with van der Waals surface area (Å²) < 4.78 is 9.99. The summed E-state index contributed by atoms with van der Waals surface area (Å²) in [5.74, 6) is 7.78. The Kier molecular flexibility index (Phi) is 6.83.